The smallest absolute Gasteiger partial charge is 0.329 e. The highest BCUT2D eigenvalue weighted by molar-refractivity contribution is 8.14. The van der Waals surface area contributed by atoms with Crippen molar-refractivity contribution in [1.82, 2.24) is 9.97 Å². The van der Waals surface area contributed by atoms with E-state index in [-0.39, 0.29) is 29.7 Å². The van der Waals surface area contributed by atoms with E-state index in [0.29, 0.717) is 11.4 Å². The Morgan fingerprint density at radius 3 is 2.11 bits per heavy atom. The SMILES string of the molecule is C.C.C.C.CCc1nc(C#N)cs1.CCc1nc(C2=N[C@H](C(=O)O)CS2)cs1. The van der Waals surface area contributed by atoms with Crippen molar-refractivity contribution in [2.24, 2.45) is 4.99 Å². The maximum absolute atomic E-state index is 10.7. The molecule has 28 heavy (non-hydrogen) atoms. The minimum atomic E-state index is -0.858. The minimum absolute atomic E-state index is 0. The molecule has 0 radical (unpaired) electrons. The van der Waals surface area contributed by atoms with Crippen molar-refractivity contribution in [3.8, 4) is 6.07 Å². The van der Waals surface area contributed by atoms with Crippen molar-refractivity contribution in [3.63, 3.8) is 0 Å². The summed E-state index contributed by atoms with van der Waals surface area (Å²) in [7, 11) is 0. The van der Waals surface area contributed by atoms with Crippen LogP contribution in [0.4, 0.5) is 0 Å². The summed E-state index contributed by atoms with van der Waals surface area (Å²) in [5, 5.41) is 23.7. The highest BCUT2D eigenvalue weighted by atomic mass is 32.2. The Balaban J connectivity index is -0.000000426. The molecule has 1 atom stereocenters. The third-order valence-corrected chi connectivity index (χ3v) is 6.03. The van der Waals surface area contributed by atoms with Crippen LogP contribution in [-0.4, -0.2) is 37.9 Å². The van der Waals surface area contributed by atoms with E-state index in [9.17, 15) is 4.79 Å². The Morgan fingerprint density at radius 2 is 1.71 bits per heavy atom. The number of thiazole rings is 2. The van der Waals surface area contributed by atoms with E-state index in [0.717, 1.165) is 33.6 Å². The molecule has 0 saturated heterocycles. The molecule has 0 fully saturated rings. The van der Waals surface area contributed by atoms with Crippen LogP contribution in [0.5, 0.6) is 0 Å². The Morgan fingerprint density at radius 1 is 1.14 bits per heavy atom. The van der Waals surface area contributed by atoms with Gasteiger partial charge in [-0.15, -0.1) is 34.4 Å². The summed E-state index contributed by atoms with van der Waals surface area (Å²) < 4.78 is 0. The number of nitrogens with zero attached hydrogens (tertiary/aromatic N) is 4. The summed E-state index contributed by atoms with van der Waals surface area (Å²) in [6, 6.07) is 1.38. The largest absolute Gasteiger partial charge is 0.480 e. The second kappa shape index (κ2) is 15.2. The van der Waals surface area contributed by atoms with Crippen LogP contribution >= 0.6 is 34.4 Å². The molecule has 0 unspecified atom stereocenters. The van der Waals surface area contributed by atoms with E-state index in [4.69, 9.17) is 10.4 Å². The fourth-order valence-electron chi connectivity index (χ4n) is 1.74. The van der Waals surface area contributed by atoms with Gasteiger partial charge in [-0.1, -0.05) is 43.6 Å². The van der Waals surface area contributed by atoms with Gasteiger partial charge in [-0.05, 0) is 12.8 Å². The molecule has 1 aliphatic rings. The number of aliphatic carboxylic acids is 1. The molecule has 6 nitrogen and oxygen atoms in total. The molecule has 0 saturated carbocycles. The van der Waals surface area contributed by atoms with Crippen molar-refractivity contribution in [3.05, 3.63) is 32.2 Å². The maximum Gasteiger partial charge on any atom is 0.329 e. The van der Waals surface area contributed by atoms with Crippen LogP contribution < -0.4 is 0 Å². The molecule has 0 bridgehead atoms. The Labute approximate surface area is 181 Å². The topological polar surface area (TPSA) is 99.2 Å². The standard InChI is InChI=1S/C9H10N2O2S2.C6H6N2S.4CH4/c1-2-7-10-5(3-14-7)8-11-6(4-15-8)9(12)13;1-2-6-8-5(3-7)4-9-6;;;;/h3,6H,2,4H2,1H3,(H,12,13);4H,2H2,1H3;4*1H4/t6-;;;;;/m0...../s1. The number of aliphatic imine (C=N–C) groups is 1. The van der Waals surface area contributed by atoms with Crippen LogP contribution in [0.2, 0.25) is 0 Å². The number of carboxylic acid groups (broad SMARTS) is 1. The number of carboxylic acids is 1. The van der Waals surface area contributed by atoms with Gasteiger partial charge < -0.3 is 5.11 Å². The van der Waals surface area contributed by atoms with Gasteiger partial charge in [-0.25, -0.2) is 14.8 Å². The predicted molar refractivity (Wildman–Crippen MR) is 125 cm³/mol. The molecule has 9 heteroatoms. The molecule has 0 aliphatic carbocycles. The lowest BCUT2D eigenvalue weighted by molar-refractivity contribution is -0.137. The molecule has 0 amide bonds. The second-order valence-electron chi connectivity index (χ2n) is 4.67. The fraction of sp³-hybridized carbons (Fsp3) is 0.526. The number of aryl methyl sites for hydroxylation is 2. The van der Waals surface area contributed by atoms with Gasteiger partial charge >= 0.3 is 5.97 Å². The van der Waals surface area contributed by atoms with Gasteiger partial charge in [0.2, 0.25) is 0 Å². The first-order chi connectivity index (χ1) is 11.6. The molecule has 158 valence electrons. The van der Waals surface area contributed by atoms with Crippen LogP contribution in [0, 0.1) is 11.3 Å². The van der Waals surface area contributed by atoms with E-state index >= 15 is 0 Å². The van der Waals surface area contributed by atoms with Crippen molar-refractivity contribution in [2.45, 2.75) is 62.4 Å². The molecule has 2 aromatic heterocycles. The van der Waals surface area contributed by atoms with Gasteiger partial charge in [-0.3, -0.25) is 4.99 Å². The highest BCUT2D eigenvalue weighted by Gasteiger charge is 2.26. The number of thioether (sulfide) groups is 1. The van der Waals surface area contributed by atoms with Gasteiger partial charge in [0.1, 0.15) is 16.8 Å². The summed E-state index contributed by atoms with van der Waals surface area (Å²) in [5.41, 5.74) is 1.36. The van der Waals surface area contributed by atoms with Crippen molar-refractivity contribution >= 4 is 45.4 Å². The zero-order chi connectivity index (χ0) is 17.5. The van der Waals surface area contributed by atoms with Gasteiger partial charge in [0.15, 0.2) is 11.7 Å². The first-order valence-corrected chi connectivity index (χ1v) is 10.0. The third-order valence-electron chi connectivity index (χ3n) is 2.98. The maximum atomic E-state index is 10.7. The fourth-order valence-corrected chi connectivity index (χ4v) is 4.20. The van der Waals surface area contributed by atoms with Crippen LogP contribution in [0.15, 0.2) is 15.8 Å². The summed E-state index contributed by atoms with van der Waals surface area (Å²) >= 11 is 4.60. The zero-order valence-corrected chi connectivity index (χ0v) is 15.7. The first kappa shape index (κ1) is 31.0. The van der Waals surface area contributed by atoms with Gasteiger partial charge in [0.25, 0.3) is 0 Å². The van der Waals surface area contributed by atoms with Crippen molar-refractivity contribution < 1.29 is 9.90 Å². The first-order valence-electron chi connectivity index (χ1n) is 7.30. The number of hydrogen-bond acceptors (Lipinski definition) is 8. The summed E-state index contributed by atoms with van der Waals surface area (Å²) in [6.45, 7) is 4.08. The van der Waals surface area contributed by atoms with E-state index in [1.54, 1.807) is 28.1 Å². The summed E-state index contributed by atoms with van der Waals surface area (Å²) in [5.74, 6) is -0.340. The lowest BCUT2D eigenvalue weighted by Gasteiger charge is -1.93. The van der Waals surface area contributed by atoms with Crippen LogP contribution in [0.25, 0.3) is 0 Å². The number of carbonyl (C=O) groups is 1. The summed E-state index contributed by atoms with van der Waals surface area (Å²) in [4.78, 5) is 23.2. The number of aromatic nitrogens is 2. The average molecular weight is 445 g/mol. The van der Waals surface area contributed by atoms with E-state index < -0.39 is 12.0 Å². The quantitative estimate of drug-likeness (QED) is 0.642. The highest BCUT2D eigenvalue weighted by Crippen LogP contribution is 2.24. The molecule has 0 spiro atoms. The van der Waals surface area contributed by atoms with Crippen LogP contribution in [-0.2, 0) is 17.6 Å². The molecular weight excluding hydrogens is 412 g/mol. The lowest BCUT2D eigenvalue weighted by Crippen LogP contribution is -2.17. The van der Waals surface area contributed by atoms with Gasteiger partial charge in [0.05, 0.1) is 10.0 Å². The van der Waals surface area contributed by atoms with Crippen molar-refractivity contribution in [1.29, 1.82) is 5.26 Å². The van der Waals surface area contributed by atoms with Gasteiger partial charge in [-0.2, -0.15) is 5.26 Å². The average Bonchev–Trinajstić information content (AvgIpc) is 3.33. The molecule has 0 aromatic carbocycles. The number of rotatable bonds is 4. The Kier molecular flexibility index (Phi) is 16.8. The lowest BCUT2D eigenvalue weighted by atomic mass is 10.3. The molecule has 2 aromatic rings. The predicted octanol–water partition coefficient (Wildman–Crippen LogP) is 5.77. The number of nitriles is 1. The van der Waals surface area contributed by atoms with Crippen molar-refractivity contribution in [2.75, 3.05) is 5.75 Å². The Hall–Kier alpha value is -1.76. The third kappa shape index (κ3) is 8.50. The molecule has 3 rings (SSSR count). The normalized spacial score (nSPS) is 13.8. The molecule has 1 N–H and O–H groups in total. The van der Waals surface area contributed by atoms with Crippen LogP contribution in [0.1, 0.15) is 65.0 Å². The zero-order valence-electron chi connectivity index (χ0n) is 13.2. The van der Waals surface area contributed by atoms with E-state index in [1.807, 2.05) is 25.3 Å². The Bertz CT molecular complexity index is 778. The molecule has 3 heterocycles. The second-order valence-corrected chi connectivity index (χ2v) is 7.57. The molecule has 1 aliphatic heterocycles. The van der Waals surface area contributed by atoms with Crippen LogP contribution in [0.3, 0.4) is 0 Å². The monoisotopic (exact) mass is 444 g/mol. The van der Waals surface area contributed by atoms with E-state index in [2.05, 4.69) is 15.0 Å². The van der Waals surface area contributed by atoms with Gasteiger partial charge in [0, 0.05) is 16.5 Å². The number of hydrogen-bond donors (Lipinski definition) is 1. The summed E-state index contributed by atoms with van der Waals surface area (Å²) in [6.07, 6.45) is 1.83. The molecular formula is C19H32N4O2S3. The van der Waals surface area contributed by atoms with E-state index in [1.165, 1.54) is 11.8 Å². The minimum Gasteiger partial charge on any atom is -0.480 e.